The van der Waals surface area contributed by atoms with E-state index in [4.69, 9.17) is 0 Å². The van der Waals surface area contributed by atoms with Crippen molar-refractivity contribution in [2.75, 3.05) is 11.9 Å². The van der Waals surface area contributed by atoms with Gasteiger partial charge in [0.2, 0.25) is 0 Å². The van der Waals surface area contributed by atoms with Gasteiger partial charge in [-0.3, -0.25) is 4.79 Å². The van der Waals surface area contributed by atoms with Gasteiger partial charge >= 0.3 is 0 Å². The van der Waals surface area contributed by atoms with Crippen molar-refractivity contribution in [2.24, 2.45) is 5.92 Å². The summed E-state index contributed by atoms with van der Waals surface area (Å²) in [6.45, 7) is 1.19. The molecule has 0 bridgehead atoms. The number of hydrogen-bond donors (Lipinski definition) is 2. The number of rotatable bonds is 7. The highest BCUT2D eigenvalue weighted by atomic mass is 16.1. The van der Waals surface area contributed by atoms with Crippen LogP contribution >= 0.6 is 0 Å². The Balaban J connectivity index is 1.14. The maximum absolute atomic E-state index is 12.6. The molecule has 29 heavy (non-hydrogen) atoms. The van der Waals surface area contributed by atoms with Crippen LogP contribution < -0.4 is 10.6 Å². The third-order valence-corrected chi connectivity index (χ3v) is 7.00. The number of carbonyl (C=O) groups is 1. The van der Waals surface area contributed by atoms with Crippen LogP contribution in [0.5, 0.6) is 0 Å². The number of carbonyl (C=O) groups excluding carboxylic acids is 1. The molecule has 3 aliphatic rings. The van der Waals surface area contributed by atoms with Gasteiger partial charge in [0.15, 0.2) is 0 Å². The second kappa shape index (κ2) is 8.31. The van der Waals surface area contributed by atoms with Gasteiger partial charge in [0.05, 0.1) is 0 Å². The average Bonchev–Trinajstić information content (AvgIpc) is 3.69. The third-order valence-electron chi connectivity index (χ3n) is 7.00. The number of benzene rings is 2. The molecule has 3 aliphatic carbocycles. The second-order valence-electron chi connectivity index (χ2n) is 9.33. The lowest BCUT2D eigenvalue weighted by molar-refractivity contribution is 0.102. The molecule has 3 heteroatoms. The Morgan fingerprint density at radius 2 is 1.52 bits per heavy atom. The van der Waals surface area contributed by atoms with Crippen LogP contribution in [0.25, 0.3) is 0 Å². The van der Waals surface area contributed by atoms with Gasteiger partial charge < -0.3 is 10.6 Å². The van der Waals surface area contributed by atoms with E-state index in [1.54, 1.807) is 0 Å². The molecular formula is C26H32N2O. The zero-order chi connectivity index (χ0) is 19.6. The van der Waals surface area contributed by atoms with Crippen molar-refractivity contribution >= 4 is 11.6 Å². The first-order valence-corrected chi connectivity index (χ1v) is 11.5. The minimum Gasteiger partial charge on any atom is -0.322 e. The fourth-order valence-electron chi connectivity index (χ4n) is 4.79. The first-order valence-electron chi connectivity index (χ1n) is 11.5. The molecule has 152 valence electrons. The van der Waals surface area contributed by atoms with E-state index in [-0.39, 0.29) is 5.91 Å². The van der Waals surface area contributed by atoms with Gasteiger partial charge in [-0.15, -0.1) is 0 Å². The lowest BCUT2D eigenvalue weighted by Gasteiger charge is -2.22. The summed E-state index contributed by atoms with van der Waals surface area (Å²) < 4.78 is 0. The van der Waals surface area contributed by atoms with Gasteiger partial charge in [-0.2, -0.15) is 0 Å². The summed E-state index contributed by atoms with van der Waals surface area (Å²) in [6, 6.07) is 17.3. The molecule has 5 rings (SSSR count). The first-order chi connectivity index (χ1) is 14.3. The fourth-order valence-corrected chi connectivity index (χ4v) is 4.79. The second-order valence-corrected chi connectivity index (χ2v) is 9.33. The molecule has 0 radical (unpaired) electrons. The van der Waals surface area contributed by atoms with Crippen molar-refractivity contribution in [3.05, 3.63) is 65.2 Å². The number of nitrogens with one attached hydrogen (secondary N) is 2. The summed E-state index contributed by atoms with van der Waals surface area (Å²) in [5, 5.41) is 6.74. The van der Waals surface area contributed by atoms with Crippen LogP contribution in [0.4, 0.5) is 5.69 Å². The summed E-state index contributed by atoms with van der Waals surface area (Å²) >= 11 is 0. The van der Waals surface area contributed by atoms with E-state index < -0.39 is 0 Å². The summed E-state index contributed by atoms with van der Waals surface area (Å²) in [4.78, 5) is 12.6. The smallest absolute Gasteiger partial charge is 0.255 e. The lowest BCUT2D eigenvalue weighted by atomic mass is 9.84. The van der Waals surface area contributed by atoms with E-state index >= 15 is 0 Å². The molecular weight excluding hydrogens is 356 g/mol. The van der Waals surface area contributed by atoms with Gasteiger partial charge in [-0.25, -0.2) is 0 Å². The van der Waals surface area contributed by atoms with Crippen LogP contribution in [0.15, 0.2) is 48.5 Å². The van der Waals surface area contributed by atoms with Crippen molar-refractivity contribution in [3.63, 3.8) is 0 Å². The molecule has 0 aliphatic heterocycles. The Kier molecular flexibility index (Phi) is 5.41. The topological polar surface area (TPSA) is 41.1 Å². The normalized spacial score (nSPS) is 24.3. The SMILES string of the molecule is O=C(Nc1ccc([C@@H]2C[C@H]2NCC2CC2)cc1)c1ccc(C2CCCCC2)cc1. The minimum absolute atomic E-state index is 0.0247. The van der Waals surface area contributed by atoms with E-state index in [2.05, 4.69) is 34.9 Å². The maximum Gasteiger partial charge on any atom is 0.255 e. The lowest BCUT2D eigenvalue weighted by Crippen LogP contribution is -2.20. The van der Waals surface area contributed by atoms with Gasteiger partial charge in [0, 0.05) is 23.2 Å². The predicted molar refractivity (Wildman–Crippen MR) is 119 cm³/mol. The van der Waals surface area contributed by atoms with Crippen molar-refractivity contribution in [3.8, 4) is 0 Å². The molecule has 3 fully saturated rings. The Hall–Kier alpha value is -2.13. The third kappa shape index (κ3) is 4.72. The van der Waals surface area contributed by atoms with Gasteiger partial charge in [0.1, 0.15) is 0 Å². The van der Waals surface area contributed by atoms with E-state index in [0.29, 0.717) is 17.9 Å². The van der Waals surface area contributed by atoms with Crippen LogP contribution in [0.1, 0.15) is 84.7 Å². The van der Waals surface area contributed by atoms with Crippen LogP contribution in [-0.4, -0.2) is 18.5 Å². The zero-order valence-electron chi connectivity index (χ0n) is 17.2. The van der Waals surface area contributed by atoms with Crippen LogP contribution in [-0.2, 0) is 0 Å². The van der Waals surface area contributed by atoms with Crippen LogP contribution in [0, 0.1) is 5.92 Å². The zero-order valence-corrected chi connectivity index (χ0v) is 17.2. The van der Waals surface area contributed by atoms with Crippen molar-refractivity contribution < 1.29 is 4.79 Å². The van der Waals surface area contributed by atoms with Crippen molar-refractivity contribution in [1.82, 2.24) is 5.32 Å². The van der Waals surface area contributed by atoms with Crippen molar-refractivity contribution in [1.29, 1.82) is 0 Å². The Bertz CT molecular complexity index is 832. The number of anilines is 1. The monoisotopic (exact) mass is 388 g/mol. The number of hydrogen-bond acceptors (Lipinski definition) is 2. The first kappa shape index (κ1) is 18.9. The standard InChI is InChI=1S/C26H32N2O/c29-26(22-10-8-20(9-11-22)19-4-2-1-3-5-19)28-23-14-12-21(13-15-23)24-16-25(24)27-17-18-6-7-18/h8-15,18-19,24-25,27H,1-7,16-17H2,(H,28,29)/t24-,25+/m0/s1. The maximum atomic E-state index is 12.6. The van der Waals surface area contributed by atoms with E-state index in [0.717, 1.165) is 17.2 Å². The van der Waals surface area contributed by atoms with E-state index in [9.17, 15) is 4.79 Å². The summed E-state index contributed by atoms with van der Waals surface area (Å²) in [5.74, 6) is 2.23. The number of amides is 1. The molecule has 2 N–H and O–H groups in total. The molecule has 2 aromatic carbocycles. The van der Waals surface area contributed by atoms with Gasteiger partial charge in [-0.1, -0.05) is 43.5 Å². The molecule has 2 aromatic rings. The predicted octanol–water partition coefficient (Wildman–Crippen LogP) is 5.84. The molecule has 3 saturated carbocycles. The molecule has 0 aromatic heterocycles. The van der Waals surface area contributed by atoms with Gasteiger partial charge in [-0.05, 0) is 85.9 Å². The largest absolute Gasteiger partial charge is 0.322 e. The Morgan fingerprint density at radius 3 is 2.21 bits per heavy atom. The molecule has 0 unspecified atom stereocenters. The fraction of sp³-hybridized carbons (Fsp3) is 0.500. The quantitative estimate of drug-likeness (QED) is 0.625. The van der Waals surface area contributed by atoms with Crippen LogP contribution in [0.2, 0.25) is 0 Å². The molecule has 0 saturated heterocycles. The highest BCUT2D eigenvalue weighted by Gasteiger charge is 2.38. The molecule has 0 spiro atoms. The van der Waals surface area contributed by atoms with E-state index in [1.807, 2.05) is 24.3 Å². The highest BCUT2D eigenvalue weighted by molar-refractivity contribution is 6.04. The Morgan fingerprint density at radius 1 is 0.828 bits per heavy atom. The van der Waals surface area contributed by atoms with Crippen molar-refractivity contribution in [2.45, 2.75) is 69.2 Å². The molecule has 1 amide bonds. The van der Waals surface area contributed by atoms with Gasteiger partial charge in [0.25, 0.3) is 5.91 Å². The summed E-state index contributed by atoms with van der Waals surface area (Å²) in [5.41, 5.74) is 4.38. The summed E-state index contributed by atoms with van der Waals surface area (Å²) in [7, 11) is 0. The summed E-state index contributed by atoms with van der Waals surface area (Å²) in [6.07, 6.45) is 10.7. The highest BCUT2D eigenvalue weighted by Crippen LogP contribution is 2.42. The Labute approximate surface area is 174 Å². The minimum atomic E-state index is -0.0247. The molecule has 0 heterocycles. The molecule has 2 atom stereocenters. The van der Waals surface area contributed by atoms with Crippen LogP contribution in [0.3, 0.4) is 0 Å². The molecule has 3 nitrogen and oxygen atoms in total. The van der Waals surface area contributed by atoms with E-state index in [1.165, 1.54) is 69.0 Å². The average molecular weight is 389 g/mol.